The lowest BCUT2D eigenvalue weighted by Gasteiger charge is -2.19. The molecule has 0 radical (unpaired) electrons. The van der Waals surface area contributed by atoms with Crippen LogP contribution < -0.4 is 4.72 Å². The van der Waals surface area contributed by atoms with E-state index >= 15 is 0 Å². The van der Waals surface area contributed by atoms with Crippen LogP contribution in [0, 0.1) is 0 Å². The van der Waals surface area contributed by atoms with Gasteiger partial charge in [0.05, 0.1) is 10.5 Å². The molecule has 0 fully saturated rings. The number of unbranched alkanes of at least 4 members (excludes halogenated alkanes) is 1. The van der Waals surface area contributed by atoms with Gasteiger partial charge in [-0.1, -0.05) is 76.1 Å². The monoisotopic (exact) mass is 439 g/mol. The molecule has 0 amide bonds. The zero-order valence-electron chi connectivity index (χ0n) is 18.1. The Morgan fingerprint density at radius 3 is 2.23 bits per heavy atom. The second-order valence-corrected chi connectivity index (χ2v) is 9.81. The predicted molar refractivity (Wildman–Crippen MR) is 123 cm³/mol. The Bertz CT molecular complexity index is 1120. The Balaban J connectivity index is 2.12. The highest BCUT2D eigenvalue weighted by Crippen LogP contribution is 2.38. The molecule has 3 rings (SSSR count). The van der Waals surface area contributed by atoms with E-state index in [0.29, 0.717) is 23.5 Å². The lowest BCUT2D eigenvalue weighted by Crippen LogP contribution is -2.28. The topological polar surface area (TPSA) is 83.5 Å². The number of hydrogen-bond donors (Lipinski definition) is 2. The van der Waals surface area contributed by atoms with Crippen molar-refractivity contribution in [3.8, 4) is 11.1 Å². The second-order valence-electron chi connectivity index (χ2n) is 8.10. The van der Waals surface area contributed by atoms with Crippen LogP contribution in [0.5, 0.6) is 0 Å². The molecule has 0 saturated heterocycles. The van der Waals surface area contributed by atoms with Crippen molar-refractivity contribution < 1.29 is 18.3 Å². The largest absolute Gasteiger partial charge is 0.478 e. The number of hydrogen-bond acceptors (Lipinski definition) is 3. The molecule has 2 N–H and O–H groups in total. The van der Waals surface area contributed by atoms with E-state index in [0.717, 1.165) is 24.0 Å². The van der Waals surface area contributed by atoms with Crippen molar-refractivity contribution >= 4 is 16.0 Å². The van der Waals surface area contributed by atoms with Gasteiger partial charge in [-0.3, -0.25) is 0 Å². The van der Waals surface area contributed by atoms with Gasteiger partial charge in [0.2, 0.25) is 10.0 Å². The first kappa shape index (κ1) is 23.0. The third kappa shape index (κ3) is 5.14. The van der Waals surface area contributed by atoms with Crippen molar-refractivity contribution in [1.29, 1.82) is 0 Å². The van der Waals surface area contributed by atoms with E-state index in [1.54, 1.807) is 36.4 Å². The second kappa shape index (κ2) is 9.62. The first-order valence-electron chi connectivity index (χ1n) is 10.6. The summed E-state index contributed by atoms with van der Waals surface area (Å²) in [5, 5.41) is 9.79. The number of rotatable bonds is 9. The van der Waals surface area contributed by atoms with Crippen molar-refractivity contribution in [2.45, 2.75) is 56.9 Å². The summed E-state index contributed by atoms with van der Waals surface area (Å²) in [5.41, 5.74) is 3.37. The standard InChI is InChI=1S/C25H29NO4S/c1-4-5-11-24(26-31(29,30)19-9-7-6-8-10-19)22-16-23(25(27)28)21-15-13-18(17(2)3)12-14-20(21)22/h6-10,12-17,24,26H,4-5,11H2,1-3H3,(H,27,28)/t24-/m1/s1. The van der Waals surface area contributed by atoms with Crippen LogP contribution in [0.3, 0.4) is 0 Å². The number of sulfonamides is 1. The van der Waals surface area contributed by atoms with Crippen LogP contribution in [0.25, 0.3) is 11.1 Å². The Morgan fingerprint density at radius 2 is 1.65 bits per heavy atom. The van der Waals surface area contributed by atoms with Crippen molar-refractivity contribution in [2.24, 2.45) is 0 Å². The number of carboxylic acids is 1. The van der Waals surface area contributed by atoms with Crippen LogP contribution in [0.15, 0.2) is 65.6 Å². The summed E-state index contributed by atoms with van der Waals surface area (Å²) in [6.07, 6.45) is 2.29. The first-order valence-corrected chi connectivity index (χ1v) is 12.1. The van der Waals surface area contributed by atoms with Gasteiger partial charge in [0.1, 0.15) is 0 Å². The third-order valence-electron chi connectivity index (χ3n) is 5.55. The van der Waals surface area contributed by atoms with Crippen LogP contribution in [-0.4, -0.2) is 19.5 Å². The van der Waals surface area contributed by atoms with Crippen LogP contribution in [0.4, 0.5) is 0 Å². The molecule has 2 aliphatic carbocycles. The molecule has 0 aromatic heterocycles. The highest BCUT2D eigenvalue weighted by molar-refractivity contribution is 7.89. The van der Waals surface area contributed by atoms with E-state index in [-0.39, 0.29) is 10.5 Å². The maximum absolute atomic E-state index is 13.0. The summed E-state index contributed by atoms with van der Waals surface area (Å²) < 4.78 is 28.9. The summed E-state index contributed by atoms with van der Waals surface area (Å²) in [6, 6.07) is 17.0. The van der Waals surface area contributed by atoms with E-state index in [1.807, 2.05) is 31.2 Å². The number of fused-ring (bicyclic) bond motifs is 1. The highest BCUT2D eigenvalue weighted by Gasteiger charge is 2.28. The molecule has 2 aliphatic rings. The third-order valence-corrected chi connectivity index (χ3v) is 7.03. The van der Waals surface area contributed by atoms with Gasteiger partial charge in [-0.25, -0.2) is 17.9 Å². The van der Waals surface area contributed by atoms with E-state index in [2.05, 4.69) is 18.6 Å². The molecule has 6 heteroatoms. The van der Waals surface area contributed by atoms with Crippen LogP contribution in [-0.2, 0) is 10.0 Å². The van der Waals surface area contributed by atoms with Crippen LogP contribution in [0.2, 0.25) is 0 Å². The average molecular weight is 440 g/mol. The van der Waals surface area contributed by atoms with Gasteiger partial charge in [0, 0.05) is 6.04 Å². The maximum atomic E-state index is 13.0. The van der Waals surface area contributed by atoms with E-state index in [1.165, 1.54) is 0 Å². The molecule has 0 bridgehead atoms. The predicted octanol–water partition coefficient (Wildman–Crippen LogP) is 5.82. The highest BCUT2D eigenvalue weighted by atomic mass is 32.2. The van der Waals surface area contributed by atoms with Crippen molar-refractivity contribution in [2.75, 3.05) is 0 Å². The first-order chi connectivity index (χ1) is 14.7. The molecule has 5 nitrogen and oxygen atoms in total. The summed E-state index contributed by atoms with van der Waals surface area (Å²) in [4.78, 5) is 12.1. The normalized spacial score (nSPS) is 12.9. The molecular formula is C25H29NO4S. The maximum Gasteiger partial charge on any atom is 0.336 e. The molecule has 0 aliphatic heterocycles. The number of nitrogens with one attached hydrogen (secondary N) is 1. The van der Waals surface area contributed by atoms with Crippen molar-refractivity contribution in [3.63, 3.8) is 0 Å². The van der Waals surface area contributed by atoms with Crippen molar-refractivity contribution in [3.05, 3.63) is 77.4 Å². The Hall–Kier alpha value is -2.70. The molecule has 0 heterocycles. The molecule has 1 atom stereocenters. The Morgan fingerprint density at radius 1 is 1.00 bits per heavy atom. The van der Waals surface area contributed by atoms with E-state index in [4.69, 9.17) is 0 Å². The number of carboxylic acid groups (broad SMARTS) is 1. The number of carbonyl (C=O) groups is 1. The fourth-order valence-corrected chi connectivity index (χ4v) is 5.05. The number of benzene rings is 1. The lowest BCUT2D eigenvalue weighted by atomic mass is 9.99. The fourth-order valence-electron chi connectivity index (χ4n) is 3.78. The van der Waals surface area contributed by atoms with E-state index in [9.17, 15) is 18.3 Å². The molecular weight excluding hydrogens is 410 g/mol. The minimum Gasteiger partial charge on any atom is -0.478 e. The van der Waals surface area contributed by atoms with Gasteiger partial charge in [-0.15, -0.1) is 0 Å². The quantitative estimate of drug-likeness (QED) is 0.440. The summed E-state index contributed by atoms with van der Waals surface area (Å²) in [7, 11) is -3.75. The number of aromatic carboxylic acids is 1. The summed E-state index contributed by atoms with van der Waals surface area (Å²) in [5.74, 6) is -0.727. The van der Waals surface area contributed by atoms with Gasteiger partial charge >= 0.3 is 5.97 Å². The van der Waals surface area contributed by atoms with Gasteiger partial charge in [-0.05, 0) is 52.8 Å². The Kier molecular flexibility index (Phi) is 7.13. The van der Waals surface area contributed by atoms with Crippen molar-refractivity contribution in [1.82, 2.24) is 4.72 Å². The fraction of sp³-hybridized carbons (Fsp3) is 0.320. The summed E-state index contributed by atoms with van der Waals surface area (Å²) in [6.45, 7) is 6.21. The Labute approximate surface area is 184 Å². The minimum absolute atomic E-state index is 0.191. The zero-order chi connectivity index (χ0) is 22.6. The van der Waals surface area contributed by atoms with Gasteiger partial charge in [0.15, 0.2) is 0 Å². The molecule has 1 aromatic rings. The molecule has 0 unspecified atom stereocenters. The van der Waals surface area contributed by atoms with Gasteiger partial charge in [-0.2, -0.15) is 0 Å². The minimum atomic E-state index is -3.75. The van der Waals surface area contributed by atoms with Crippen LogP contribution >= 0.6 is 0 Å². The van der Waals surface area contributed by atoms with Crippen LogP contribution in [0.1, 0.15) is 73.5 Å². The molecule has 0 spiro atoms. The smallest absolute Gasteiger partial charge is 0.336 e. The van der Waals surface area contributed by atoms with E-state index < -0.39 is 22.0 Å². The zero-order valence-corrected chi connectivity index (χ0v) is 18.9. The molecule has 164 valence electrons. The van der Waals surface area contributed by atoms with Gasteiger partial charge < -0.3 is 5.11 Å². The molecule has 1 aromatic carbocycles. The average Bonchev–Trinajstić information content (AvgIpc) is 2.96. The van der Waals surface area contributed by atoms with Gasteiger partial charge in [0.25, 0.3) is 0 Å². The molecule has 31 heavy (non-hydrogen) atoms. The summed E-state index contributed by atoms with van der Waals surface area (Å²) >= 11 is 0. The SMILES string of the molecule is CCCC[C@@H](NS(=O)(=O)c1ccccc1)c1cc(C(=O)O)c2ccc(C(C)C)ccc1-2. The lowest BCUT2D eigenvalue weighted by molar-refractivity contribution is 0.0698. The molecule has 0 saturated carbocycles.